The van der Waals surface area contributed by atoms with Gasteiger partial charge in [0.1, 0.15) is 0 Å². The average Bonchev–Trinajstić information content (AvgIpc) is 2.50. The highest BCUT2D eigenvalue weighted by atomic mass is 28.4. The molecular formula is C13H28O2Si3. The van der Waals surface area contributed by atoms with Crippen LogP contribution in [0.4, 0.5) is 0 Å². The van der Waals surface area contributed by atoms with E-state index in [0.717, 1.165) is 6.61 Å². The molecule has 5 heteroatoms. The third-order valence-electron chi connectivity index (χ3n) is 4.27. The highest BCUT2D eigenvalue weighted by Gasteiger charge is 2.59. The van der Waals surface area contributed by atoms with Gasteiger partial charge < -0.3 is 9.16 Å². The van der Waals surface area contributed by atoms with E-state index in [2.05, 4.69) is 45.9 Å². The summed E-state index contributed by atoms with van der Waals surface area (Å²) in [4.78, 5) is 0. The first-order valence-electron chi connectivity index (χ1n) is 6.75. The largest absolute Gasteiger partial charge is 0.412 e. The van der Waals surface area contributed by atoms with E-state index in [-0.39, 0.29) is 17.6 Å². The molecule has 1 aliphatic heterocycles. The summed E-state index contributed by atoms with van der Waals surface area (Å²) in [5, 5.41) is 0. The molecule has 1 fully saturated rings. The second kappa shape index (κ2) is 6.17. The molecule has 1 aliphatic rings. The minimum Gasteiger partial charge on any atom is -0.412 e. The van der Waals surface area contributed by atoms with Crippen LogP contribution in [0.15, 0.2) is 12.7 Å². The molecule has 1 unspecified atom stereocenters. The van der Waals surface area contributed by atoms with Crippen LogP contribution >= 0.6 is 0 Å². The average molecular weight is 301 g/mol. The predicted molar refractivity (Wildman–Crippen MR) is 85.6 cm³/mol. The molecule has 0 N–H and O–H groups in total. The molecule has 0 aromatic carbocycles. The van der Waals surface area contributed by atoms with Crippen LogP contribution in [0.5, 0.6) is 0 Å². The molecule has 2 radical (unpaired) electrons. The second-order valence-corrected chi connectivity index (χ2v) is 17.5. The quantitative estimate of drug-likeness (QED) is 0.424. The fourth-order valence-corrected chi connectivity index (χ4v) is 20.8. The Morgan fingerprint density at radius 3 is 2.28 bits per heavy atom. The van der Waals surface area contributed by atoms with Gasteiger partial charge in [0, 0.05) is 17.6 Å². The molecule has 0 bridgehead atoms. The Labute approximate surface area is 117 Å². The van der Waals surface area contributed by atoms with Crippen LogP contribution in [0, 0.1) is 0 Å². The number of ether oxygens (including phenoxy) is 1. The summed E-state index contributed by atoms with van der Waals surface area (Å²) in [6.45, 7) is 19.8. The van der Waals surface area contributed by atoms with E-state index in [9.17, 15) is 0 Å². The standard InChI is InChI=1S/C13H28O2Si3/c1-8-9-14-11-12-10-13(16(2)3,17(4)5)18(6,7)15-12/h8,12H,1,9-11H2,2-7H3. The van der Waals surface area contributed by atoms with Gasteiger partial charge in [-0.1, -0.05) is 32.3 Å². The van der Waals surface area contributed by atoms with E-state index in [1.54, 1.807) is 0 Å². The first-order chi connectivity index (χ1) is 8.28. The van der Waals surface area contributed by atoms with Gasteiger partial charge >= 0.3 is 0 Å². The molecule has 1 heterocycles. The topological polar surface area (TPSA) is 18.5 Å². The zero-order chi connectivity index (χ0) is 14.0. The molecule has 0 saturated carbocycles. The van der Waals surface area contributed by atoms with Gasteiger partial charge in [-0.2, -0.15) is 0 Å². The molecule has 18 heavy (non-hydrogen) atoms. The van der Waals surface area contributed by atoms with Crippen molar-refractivity contribution >= 4 is 25.9 Å². The van der Waals surface area contributed by atoms with Crippen molar-refractivity contribution in [1.29, 1.82) is 0 Å². The van der Waals surface area contributed by atoms with Crippen molar-refractivity contribution in [2.75, 3.05) is 13.2 Å². The normalized spacial score (nSPS) is 25.9. The van der Waals surface area contributed by atoms with Crippen molar-refractivity contribution in [2.45, 2.75) is 56.1 Å². The lowest BCUT2D eigenvalue weighted by atomic mass is 10.3. The fraction of sp³-hybridized carbons (Fsp3) is 0.846. The molecule has 1 atom stereocenters. The molecule has 0 aliphatic carbocycles. The lowest BCUT2D eigenvalue weighted by molar-refractivity contribution is 0.0712. The predicted octanol–water partition coefficient (Wildman–Crippen LogP) is 3.51. The number of hydrogen-bond acceptors (Lipinski definition) is 2. The zero-order valence-corrected chi connectivity index (χ0v) is 15.8. The zero-order valence-electron chi connectivity index (χ0n) is 12.8. The van der Waals surface area contributed by atoms with Crippen molar-refractivity contribution < 1.29 is 9.16 Å². The SMILES string of the molecule is C=CCOCC1CC([Si](C)C)([Si](C)C)[Si](C)(C)O1. The lowest BCUT2D eigenvalue weighted by Crippen LogP contribution is -2.53. The molecular weight excluding hydrogens is 272 g/mol. The van der Waals surface area contributed by atoms with Crippen LogP contribution in [0.2, 0.25) is 43.6 Å². The Bertz CT molecular complexity index is 282. The Kier molecular flexibility index (Phi) is 5.61. The summed E-state index contributed by atoms with van der Waals surface area (Å²) in [5.74, 6) is 0. The Morgan fingerprint density at radius 2 is 1.89 bits per heavy atom. The summed E-state index contributed by atoms with van der Waals surface area (Å²) < 4.78 is 12.7. The minimum absolute atomic E-state index is 0.325. The van der Waals surface area contributed by atoms with E-state index in [1.165, 1.54) is 6.42 Å². The number of rotatable bonds is 6. The first-order valence-corrected chi connectivity index (χ1v) is 14.7. The summed E-state index contributed by atoms with van der Waals surface area (Å²) in [6.07, 6.45) is 3.38. The van der Waals surface area contributed by atoms with Crippen molar-refractivity contribution in [3.05, 3.63) is 12.7 Å². The van der Waals surface area contributed by atoms with Crippen LogP contribution in [0.1, 0.15) is 6.42 Å². The maximum absolute atomic E-state index is 6.46. The number of hydrogen-bond donors (Lipinski definition) is 0. The fourth-order valence-electron chi connectivity index (χ4n) is 3.63. The van der Waals surface area contributed by atoms with Gasteiger partial charge in [-0.05, 0) is 23.8 Å². The van der Waals surface area contributed by atoms with Gasteiger partial charge in [0.05, 0.1) is 19.3 Å². The maximum Gasteiger partial charge on any atom is 0.187 e. The monoisotopic (exact) mass is 300 g/mol. The summed E-state index contributed by atoms with van der Waals surface area (Å²) >= 11 is 0. The Morgan fingerprint density at radius 1 is 1.33 bits per heavy atom. The summed E-state index contributed by atoms with van der Waals surface area (Å²) in [5.41, 5.74) is 0. The summed E-state index contributed by atoms with van der Waals surface area (Å²) in [6, 6.07) is 0. The van der Waals surface area contributed by atoms with E-state index in [1.807, 2.05) is 6.08 Å². The molecule has 1 rings (SSSR count). The Hall–Kier alpha value is 0.311. The minimum atomic E-state index is -1.58. The van der Waals surface area contributed by atoms with E-state index in [0.29, 0.717) is 17.0 Å². The van der Waals surface area contributed by atoms with E-state index >= 15 is 0 Å². The molecule has 0 aromatic heterocycles. The smallest absolute Gasteiger partial charge is 0.187 e. The molecule has 0 spiro atoms. The van der Waals surface area contributed by atoms with Crippen LogP contribution in [0.25, 0.3) is 0 Å². The molecule has 0 aromatic rings. The molecule has 0 amide bonds. The third kappa shape index (κ3) is 2.90. The first kappa shape index (κ1) is 16.4. The van der Waals surface area contributed by atoms with Crippen LogP contribution < -0.4 is 0 Å². The van der Waals surface area contributed by atoms with Crippen molar-refractivity contribution in [2.24, 2.45) is 0 Å². The molecule has 104 valence electrons. The second-order valence-electron chi connectivity index (χ2n) is 6.19. The highest BCUT2D eigenvalue weighted by molar-refractivity contribution is 7.03. The summed E-state index contributed by atoms with van der Waals surface area (Å²) in [7, 11) is -2.25. The highest BCUT2D eigenvalue weighted by Crippen LogP contribution is 2.53. The van der Waals surface area contributed by atoms with E-state index < -0.39 is 8.32 Å². The van der Waals surface area contributed by atoms with Gasteiger partial charge in [-0.25, -0.2) is 0 Å². The van der Waals surface area contributed by atoms with Crippen molar-refractivity contribution in [3.63, 3.8) is 0 Å². The van der Waals surface area contributed by atoms with Crippen molar-refractivity contribution in [3.8, 4) is 0 Å². The molecule has 1 saturated heterocycles. The van der Waals surface area contributed by atoms with Gasteiger partial charge in [0.15, 0.2) is 8.32 Å². The van der Waals surface area contributed by atoms with Crippen LogP contribution in [-0.4, -0.2) is 45.2 Å². The molecule has 2 nitrogen and oxygen atoms in total. The maximum atomic E-state index is 6.46. The van der Waals surface area contributed by atoms with Gasteiger partial charge in [-0.15, -0.1) is 6.58 Å². The van der Waals surface area contributed by atoms with Gasteiger partial charge in [0.2, 0.25) is 0 Å². The van der Waals surface area contributed by atoms with Gasteiger partial charge in [-0.3, -0.25) is 0 Å². The van der Waals surface area contributed by atoms with Crippen LogP contribution in [-0.2, 0) is 9.16 Å². The third-order valence-corrected chi connectivity index (χ3v) is 20.9. The van der Waals surface area contributed by atoms with Crippen LogP contribution in [0.3, 0.4) is 0 Å². The van der Waals surface area contributed by atoms with Gasteiger partial charge in [0.25, 0.3) is 0 Å². The Balaban J connectivity index is 2.82. The van der Waals surface area contributed by atoms with Crippen molar-refractivity contribution in [1.82, 2.24) is 0 Å². The lowest BCUT2D eigenvalue weighted by Gasteiger charge is -2.43. The van der Waals surface area contributed by atoms with E-state index in [4.69, 9.17) is 9.16 Å².